The summed E-state index contributed by atoms with van der Waals surface area (Å²) in [5, 5.41) is 13.6. The summed E-state index contributed by atoms with van der Waals surface area (Å²) in [7, 11) is 0. The predicted molar refractivity (Wildman–Crippen MR) is 159 cm³/mol. The Kier molecular flexibility index (Phi) is 9.09. The first kappa shape index (κ1) is 30.1. The van der Waals surface area contributed by atoms with Gasteiger partial charge in [-0.05, 0) is 55.7 Å². The number of hydrogen-bond donors (Lipinski definition) is 5. The highest BCUT2D eigenvalue weighted by Crippen LogP contribution is 2.32. The zero-order valence-electron chi connectivity index (χ0n) is 23.2. The molecule has 2 aromatic heterocycles. The highest BCUT2D eigenvalue weighted by atomic mass is 35.5. The summed E-state index contributed by atoms with van der Waals surface area (Å²) in [5.74, 6) is -2.67. The SMILES string of the molecule is O=C1CCC(N2C(=O)c3cccc(NCCCCNC(=O)c4cc(NC(=O)Nc5ccnc(Cl)c5)ccn4)c3C2=O)C(=O)N1. The Hall–Kier alpha value is -5.37. The third kappa shape index (κ3) is 6.81. The van der Waals surface area contributed by atoms with E-state index in [-0.39, 0.29) is 34.8 Å². The number of rotatable bonds is 10. The van der Waals surface area contributed by atoms with Gasteiger partial charge in [-0.25, -0.2) is 9.78 Å². The summed E-state index contributed by atoms with van der Waals surface area (Å²) in [4.78, 5) is 83.7. The minimum atomic E-state index is -1.04. The Balaban J connectivity index is 1.08. The highest BCUT2D eigenvalue weighted by molar-refractivity contribution is 6.29. The van der Waals surface area contributed by atoms with Crippen LogP contribution in [0.15, 0.2) is 54.9 Å². The van der Waals surface area contributed by atoms with Crippen LogP contribution in [-0.2, 0) is 9.59 Å². The van der Waals surface area contributed by atoms with E-state index in [9.17, 15) is 28.8 Å². The van der Waals surface area contributed by atoms with Gasteiger partial charge in [0.25, 0.3) is 17.7 Å². The molecule has 1 atom stereocenters. The fraction of sp³-hybridized carbons (Fsp3) is 0.241. The molecule has 3 aromatic rings. The lowest BCUT2D eigenvalue weighted by Gasteiger charge is -2.27. The predicted octanol–water partition coefficient (Wildman–Crippen LogP) is 2.80. The van der Waals surface area contributed by atoms with E-state index in [0.29, 0.717) is 43.0 Å². The van der Waals surface area contributed by atoms with Gasteiger partial charge in [0.2, 0.25) is 11.8 Å². The lowest BCUT2D eigenvalue weighted by molar-refractivity contribution is -0.136. The van der Waals surface area contributed by atoms with E-state index in [4.69, 9.17) is 11.6 Å². The molecule has 0 saturated carbocycles. The minimum absolute atomic E-state index is 0.0457. The number of nitrogens with one attached hydrogen (secondary N) is 5. The number of aromatic nitrogens is 2. The van der Waals surface area contributed by atoms with Crippen molar-refractivity contribution >= 4 is 64.2 Å². The van der Waals surface area contributed by atoms with Gasteiger partial charge in [-0.2, -0.15) is 0 Å². The maximum absolute atomic E-state index is 13.2. The standard InChI is InChI=1S/C29H27ClN8O6/c30-22-15-17(9-13-33-22)36-29(44)35-16-8-12-32-20(14-16)25(40)34-11-2-1-10-31-19-5-3-4-18-24(19)28(43)38(27(18)42)21-6-7-23(39)37-26(21)41/h3-5,8-9,12-15,21,31H,1-2,6-7,10-11H2,(H,34,40)(H,37,39,41)(H2,32,33,35,36,44). The molecule has 7 amide bonds. The number of urea groups is 1. The molecule has 2 aliphatic heterocycles. The molecule has 2 aliphatic rings. The molecule has 0 aliphatic carbocycles. The van der Waals surface area contributed by atoms with Crippen LogP contribution in [0.2, 0.25) is 5.15 Å². The molecule has 5 N–H and O–H groups in total. The maximum Gasteiger partial charge on any atom is 0.323 e. The van der Waals surface area contributed by atoms with Crippen molar-refractivity contribution in [3.05, 3.63) is 76.8 Å². The van der Waals surface area contributed by atoms with Gasteiger partial charge < -0.3 is 21.3 Å². The van der Waals surface area contributed by atoms with E-state index >= 15 is 0 Å². The maximum atomic E-state index is 13.2. The van der Waals surface area contributed by atoms with E-state index in [1.807, 2.05) is 0 Å². The molecule has 4 heterocycles. The van der Waals surface area contributed by atoms with Crippen molar-refractivity contribution < 1.29 is 28.8 Å². The van der Waals surface area contributed by atoms with Crippen LogP contribution < -0.4 is 26.6 Å². The zero-order valence-corrected chi connectivity index (χ0v) is 23.9. The molecule has 15 heteroatoms. The van der Waals surface area contributed by atoms with Crippen LogP contribution in [0.5, 0.6) is 0 Å². The second kappa shape index (κ2) is 13.3. The zero-order chi connectivity index (χ0) is 31.2. The van der Waals surface area contributed by atoms with Crippen molar-refractivity contribution in [2.24, 2.45) is 0 Å². The van der Waals surface area contributed by atoms with Gasteiger partial charge in [-0.15, -0.1) is 0 Å². The van der Waals surface area contributed by atoms with Crippen molar-refractivity contribution in [2.45, 2.75) is 31.7 Å². The van der Waals surface area contributed by atoms with Crippen molar-refractivity contribution in [3.8, 4) is 0 Å². The summed E-state index contributed by atoms with van der Waals surface area (Å²) < 4.78 is 0. The van der Waals surface area contributed by atoms with Crippen molar-refractivity contribution in [1.82, 2.24) is 25.5 Å². The first-order valence-electron chi connectivity index (χ1n) is 13.7. The summed E-state index contributed by atoms with van der Waals surface area (Å²) in [5.41, 5.74) is 1.79. The molecular weight excluding hydrogens is 592 g/mol. The third-order valence-electron chi connectivity index (χ3n) is 6.91. The number of halogens is 1. The third-order valence-corrected chi connectivity index (χ3v) is 7.11. The number of fused-ring (bicyclic) bond motifs is 1. The number of carbonyl (C=O) groups is 6. The van der Waals surface area contributed by atoms with E-state index < -0.39 is 41.6 Å². The molecule has 1 aromatic carbocycles. The molecule has 0 bridgehead atoms. The van der Waals surface area contributed by atoms with Crippen molar-refractivity contribution in [2.75, 3.05) is 29.0 Å². The number of benzene rings is 1. The van der Waals surface area contributed by atoms with Crippen LogP contribution in [0.1, 0.15) is 56.9 Å². The average molecular weight is 619 g/mol. The van der Waals surface area contributed by atoms with Crippen LogP contribution in [0.3, 0.4) is 0 Å². The topological polar surface area (TPSA) is 192 Å². The Morgan fingerprint density at radius 2 is 1.66 bits per heavy atom. The van der Waals surface area contributed by atoms with Crippen LogP contribution in [-0.4, -0.2) is 69.6 Å². The number of anilines is 3. The Bertz CT molecular complexity index is 1660. The number of hydrogen-bond acceptors (Lipinski definition) is 9. The van der Waals surface area contributed by atoms with Gasteiger partial charge in [0.05, 0.1) is 11.1 Å². The lowest BCUT2D eigenvalue weighted by atomic mass is 10.0. The van der Waals surface area contributed by atoms with Gasteiger partial charge in [0, 0.05) is 49.0 Å². The second-order valence-corrected chi connectivity index (χ2v) is 10.3. The first-order valence-corrected chi connectivity index (χ1v) is 14.1. The molecule has 14 nitrogen and oxygen atoms in total. The molecule has 0 radical (unpaired) electrons. The number of piperidine rings is 1. The number of nitrogens with zero attached hydrogens (tertiary/aromatic N) is 3. The molecule has 226 valence electrons. The van der Waals surface area contributed by atoms with Gasteiger partial charge in [-0.3, -0.25) is 39.2 Å². The quantitative estimate of drug-likeness (QED) is 0.129. The van der Waals surface area contributed by atoms with Crippen molar-refractivity contribution in [1.29, 1.82) is 0 Å². The van der Waals surface area contributed by atoms with Crippen LogP contribution in [0.25, 0.3) is 0 Å². The molecule has 44 heavy (non-hydrogen) atoms. The Labute approximate surface area is 255 Å². The molecule has 1 saturated heterocycles. The van der Waals surface area contributed by atoms with Crippen LogP contribution in [0, 0.1) is 0 Å². The lowest BCUT2D eigenvalue weighted by Crippen LogP contribution is -2.54. The highest BCUT2D eigenvalue weighted by Gasteiger charge is 2.45. The van der Waals surface area contributed by atoms with Gasteiger partial charge in [0.15, 0.2) is 0 Å². The smallest absolute Gasteiger partial charge is 0.323 e. The summed E-state index contributed by atoms with van der Waals surface area (Å²) in [6.45, 7) is 0.790. The van der Waals surface area contributed by atoms with E-state index in [1.54, 1.807) is 24.3 Å². The van der Waals surface area contributed by atoms with E-state index in [2.05, 4.69) is 36.6 Å². The monoisotopic (exact) mass is 618 g/mol. The summed E-state index contributed by atoms with van der Waals surface area (Å²) in [6.07, 6.45) is 4.21. The second-order valence-electron chi connectivity index (χ2n) is 9.94. The number of amides is 7. The number of pyridine rings is 2. The molecule has 0 spiro atoms. The normalized spacial score (nSPS) is 15.8. The number of imide groups is 2. The molecule has 5 rings (SSSR count). The van der Waals surface area contributed by atoms with E-state index in [1.165, 1.54) is 30.6 Å². The van der Waals surface area contributed by atoms with Crippen LogP contribution in [0.4, 0.5) is 21.9 Å². The van der Waals surface area contributed by atoms with Gasteiger partial charge >= 0.3 is 6.03 Å². The largest absolute Gasteiger partial charge is 0.384 e. The average Bonchev–Trinajstić information content (AvgIpc) is 3.24. The summed E-state index contributed by atoms with van der Waals surface area (Å²) >= 11 is 5.83. The number of carbonyl (C=O) groups excluding carboxylic acids is 6. The number of unbranched alkanes of at least 4 members (excludes halogenated alkanes) is 1. The van der Waals surface area contributed by atoms with Crippen molar-refractivity contribution in [3.63, 3.8) is 0 Å². The van der Waals surface area contributed by atoms with Gasteiger partial charge in [-0.1, -0.05) is 17.7 Å². The minimum Gasteiger partial charge on any atom is -0.384 e. The first-order chi connectivity index (χ1) is 21.2. The fourth-order valence-electron chi connectivity index (χ4n) is 4.83. The van der Waals surface area contributed by atoms with Gasteiger partial charge in [0.1, 0.15) is 16.9 Å². The summed E-state index contributed by atoms with van der Waals surface area (Å²) in [6, 6.07) is 9.36. The Morgan fingerprint density at radius 1 is 0.932 bits per heavy atom. The van der Waals surface area contributed by atoms with E-state index in [0.717, 1.165) is 4.90 Å². The Morgan fingerprint density at radius 3 is 2.41 bits per heavy atom. The van der Waals surface area contributed by atoms with Crippen LogP contribution >= 0.6 is 11.6 Å². The molecule has 1 fully saturated rings. The molecule has 1 unspecified atom stereocenters. The fourth-order valence-corrected chi connectivity index (χ4v) is 5.01. The molecular formula is C29H27ClN8O6.